The number of carbonyl (C=O) groups excluding carboxylic acids is 1. The van der Waals surface area contributed by atoms with Crippen molar-refractivity contribution in [1.29, 1.82) is 0 Å². The molecule has 0 saturated heterocycles. The molecular formula is C32H27ClFNO2. The lowest BCUT2D eigenvalue weighted by Crippen LogP contribution is -2.33. The van der Waals surface area contributed by atoms with Gasteiger partial charge in [-0.15, -0.1) is 0 Å². The van der Waals surface area contributed by atoms with E-state index in [-0.39, 0.29) is 29.7 Å². The van der Waals surface area contributed by atoms with Gasteiger partial charge in [0.15, 0.2) is 5.78 Å². The predicted molar refractivity (Wildman–Crippen MR) is 147 cm³/mol. The van der Waals surface area contributed by atoms with E-state index in [2.05, 4.69) is 49.5 Å². The summed E-state index contributed by atoms with van der Waals surface area (Å²) in [6.07, 6.45) is 1.37. The molecule has 186 valence electrons. The average Bonchev–Trinajstić information content (AvgIpc) is 2.87. The molecule has 3 nitrogen and oxygen atoms in total. The van der Waals surface area contributed by atoms with Crippen LogP contribution in [0.25, 0.3) is 16.3 Å². The minimum atomic E-state index is -0.389. The van der Waals surface area contributed by atoms with Crippen LogP contribution in [0.4, 0.5) is 10.1 Å². The summed E-state index contributed by atoms with van der Waals surface area (Å²) in [6, 6.07) is 24.6. The third kappa shape index (κ3) is 4.30. The minimum Gasteiger partial charge on any atom is -0.489 e. The van der Waals surface area contributed by atoms with Crippen LogP contribution in [-0.2, 0) is 11.4 Å². The number of ether oxygens (including phenoxy) is 1. The van der Waals surface area contributed by atoms with Crippen molar-refractivity contribution in [3.8, 4) is 5.75 Å². The Morgan fingerprint density at radius 2 is 1.76 bits per heavy atom. The van der Waals surface area contributed by atoms with Gasteiger partial charge in [-0.1, -0.05) is 74.0 Å². The SMILES string of the molecule is CC1(C)CC(=O)C2=C(C1)c1c(ccc3ccccc13)N[C@@H]2c1ccc(OCc2c(F)cccc2Cl)cc1. The van der Waals surface area contributed by atoms with Crippen LogP contribution in [0.2, 0.25) is 5.02 Å². The maximum Gasteiger partial charge on any atom is 0.162 e. The van der Waals surface area contributed by atoms with Crippen LogP contribution in [0.15, 0.2) is 84.4 Å². The molecule has 0 saturated carbocycles. The van der Waals surface area contributed by atoms with Crippen LogP contribution >= 0.6 is 11.6 Å². The molecule has 1 N–H and O–H groups in total. The molecule has 2 aliphatic rings. The summed E-state index contributed by atoms with van der Waals surface area (Å²) in [7, 11) is 0. The Hall–Kier alpha value is -3.63. The number of benzene rings is 4. The van der Waals surface area contributed by atoms with Gasteiger partial charge in [0.2, 0.25) is 0 Å². The summed E-state index contributed by atoms with van der Waals surface area (Å²) in [4.78, 5) is 13.6. The Kier molecular flexibility index (Phi) is 5.80. The zero-order valence-corrected chi connectivity index (χ0v) is 21.5. The fourth-order valence-corrected chi connectivity index (χ4v) is 5.89. The molecule has 1 atom stereocenters. The minimum absolute atomic E-state index is 0.0376. The van der Waals surface area contributed by atoms with Crippen molar-refractivity contribution >= 4 is 39.4 Å². The van der Waals surface area contributed by atoms with Gasteiger partial charge >= 0.3 is 0 Å². The fraction of sp³-hybridized carbons (Fsp3) is 0.219. The number of nitrogens with one attached hydrogen (secondary N) is 1. The third-order valence-electron chi connectivity index (χ3n) is 7.40. The van der Waals surface area contributed by atoms with E-state index in [9.17, 15) is 9.18 Å². The quantitative estimate of drug-likeness (QED) is 0.298. The summed E-state index contributed by atoms with van der Waals surface area (Å²) in [5.74, 6) is 0.410. The van der Waals surface area contributed by atoms with Crippen molar-refractivity contribution in [2.75, 3.05) is 5.32 Å². The van der Waals surface area contributed by atoms with Gasteiger partial charge in [-0.05, 0) is 64.1 Å². The standard InChI is InChI=1S/C32H27ClFNO2/c1-32(2)16-23-29-22-7-4-3-6-19(22)12-15-27(29)35-31(30(23)28(36)17-32)20-10-13-21(14-11-20)37-18-24-25(33)8-5-9-26(24)34/h3-15,31,35H,16-18H2,1-2H3/t31-/m1/s1. The van der Waals surface area contributed by atoms with Gasteiger partial charge in [0, 0.05) is 28.8 Å². The first-order chi connectivity index (χ1) is 17.8. The number of carbonyl (C=O) groups is 1. The van der Waals surface area contributed by atoms with E-state index in [0.29, 0.717) is 22.8 Å². The Morgan fingerprint density at radius 3 is 2.54 bits per heavy atom. The average molecular weight is 512 g/mol. The molecule has 0 aromatic heterocycles. The van der Waals surface area contributed by atoms with E-state index < -0.39 is 0 Å². The van der Waals surface area contributed by atoms with E-state index in [0.717, 1.165) is 34.4 Å². The van der Waals surface area contributed by atoms with Gasteiger partial charge in [-0.25, -0.2) is 4.39 Å². The smallest absolute Gasteiger partial charge is 0.162 e. The third-order valence-corrected chi connectivity index (χ3v) is 7.75. The van der Waals surface area contributed by atoms with Crippen molar-refractivity contribution in [1.82, 2.24) is 0 Å². The molecule has 1 aliphatic heterocycles. The number of halogens is 2. The highest BCUT2D eigenvalue weighted by atomic mass is 35.5. The molecule has 4 aromatic rings. The zero-order valence-electron chi connectivity index (χ0n) is 20.8. The van der Waals surface area contributed by atoms with Crippen LogP contribution in [0.3, 0.4) is 0 Å². The maximum absolute atomic E-state index is 14.1. The second-order valence-corrected chi connectivity index (χ2v) is 11.1. The first-order valence-electron chi connectivity index (χ1n) is 12.5. The van der Waals surface area contributed by atoms with E-state index in [1.807, 2.05) is 30.3 Å². The van der Waals surface area contributed by atoms with Crippen LogP contribution in [-0.4, -0.2) is 5.78 Å². The van der Waals surface area contributed by atoms with E-state index >= 15 is 0 Å². The van der Waals surface area contributed by atoms with Crippen LogP contribution in [0, 0.1) is 11.2 Å². The lowest BCUT2D eigenvalue weighted by Gasteiger charge is -2.40. The second kappa shape index (κ2) is 9.04. The molecular weight excluding hydrogens is 485 g/mol. The van der Waals surface area contributed by atoms with Gasteiger partial charge in [0.1, 0.15) is 18.2 Å². The van der Waals surface area contributed by atoms with Crippen LogP contribution in [0.5, 0.6) is 5.75 Å². The highest BCUT2D eigenvalue weighted by Gasteiger charge is 2.40. The molecule has 0 fully saturated rings. The zero-order chi connectivity index (χ0) is 25.7. The number of fused-ring (bicyclic) bond motifs is 4. The first kappa shape index (κ1) is 23.7. The van der Waals surface area contributed by atoms with Crippen LogP contribution in [0.1, 0.15) is 49.4 Å². The largest absolute Gasteiger partial charge is 0.489 e. The summed E-state index contributed by atoms with van der Waals surface area (Å²) in [5.41, 5.74) is 5.40. The highest BCUT2D eigenvalue weighted by Crippen LogP contribution is 2.52. The molecule has 6 rings (SSSR count). The van der Waals surface area contributed by atoms with Crippen molar-refractivity contribution < 1.29 is 13.9 Å². The van der Waals surface area contributed by atoms with Crippen molar-refractivity contribution in [2.45, 2.75) is 39.3 Å². The number of rotatable bonds is 4. The maximum atomic E-state index is 14.1. The molecule has 37 heavy (non-hydrogen) atoms. The topological polar surface area (TPSA) is 38.3 Å². The van der Waals surface area contributed by atoms with Crippen molar-refractivity contribution in [3.63, 3.8) is 0 Å². The van der Waals surface area contributed by atoms with E-state index in [4.69, 9.17) is 16.3 Å². The van der Waals surface area contributed by atoms with Crippen LogP contribution < -0.4 is 10.1 Å². The first-order valence-corrected chi connectivity index (χ1v) is 12.9. The summed E-state index contributed by atoms with van der Waals surface area (Å²) >= 11 is 6.13. The lowest BCUT2D eigenvalue weighted by molar-refractivity contribution is -0.118. The van der Waals surface area contributed by atoms with Gasteiger partial charge in [-0.2, -0.15) is 0 Å². The van der Waals surface area contributed by atoms with Crippen molar-refractivity contribution in [2.24, 2.45) is 5.41 Å². The Balaban J connectivity index is 1.37. The summed E-state index contributed by atoms with van der Waals surface area (Å²) in [6.45, 7) is 4.38. The molecule has 1 heterocycles. The Bertz CT molecular complexity index is 1550. The molecule has 5 heteroatoms. The number of hydrogen-bond acceptors (Lipinski definition) is 3. The van der Waals surface area contributed by atoms with Gasteiger partial charge < -0.3 is 10.1 Å². The summed E-state index contributed by atoms with van der Waals surface area (Å²) < 4.78 is 19.9. The fourth-order valence-electron chi connectivity index (χ4n) is 5.67. The normalized spacial score (nSPS) is 18.3. The Morgan fingerprint density at radius 1 is 0.973 bits per heavy atom. The molecule has 1 aliphatic carbocycles. The molecule has 0 spiro atoms. The van der Waals surface area contributed by atoms with Gasteiger partial charge in [0.25, 0.3) is 0 Å². The molecule has 4 aromatic carbocycles. The number of hydrogen-bond donors (Lipinski definition) is 1. The van der Waals surface area contributed by atoms with E-state index in [1.165, 1.54) is 16.8 Å². The number of Topliss-reactive ketones (excluding diaryl/α,β-unsaturated/α-hetero) is 1. The van der Waals surface area contributed by atoms with Gasteiger partial charge in [-0.3, -0.25) is 4.79 Å². The summed E-state index contributed by atoms with van der Waals surface area (Å²) in [5, 5.41) is 6.34. The van der Waals surface area contributed by atoms with E-state index in [1.54, 1.807) is 12.1 Å². The second-order valence-electron chi connectivity index (χ2n) is 10.7. The van der Waals surface area contributed by atoms with Gasteiger partial charge in [0.05, 0.1) is 11.1 Å². The highest BCUT2D eigenvalue weighted by molar-refractivity contribution is 6.31. The monoisotopic (exact) mass is 511 g/mol. The number of allylic oxidation sites excluding steroid dienone is 1. The van der Waals surface area contributed by atoms with Crippen molar-refractivity contribution in [3.05, 3.63) is 112 Å². The molecule has 0 amide bonds. The number of anilines is 1. The predicted octanol–water partition coefficient (Wildman–Crippen LogP) is 8.52. The lowest BCUT2D eigenvalue weighted by atomic mass is 9.68. The Labute approximate surface area is 220 Å². The molecule has 0 bridgehead atoms. The number of ketones is 1. The molecule has 0 unspecified atom stereocenters. The molecule has 0 radical (unpaired) electrons.